The van der Waals surface area contributed by atoms with Crippen molar-refractivity contribution in [2.45, 2.75) is 88.9 Å². The number of halogens is 2. The smallest absolute Gasteiger partial charge is 0.319 e. The number of alkyl halides is 1. The molecule has 6 aliphatic rings. The first kappa shape index (κ1) is 29.2. The van der Waals surface area contributed by atoms with E-state index in [1.165, 1.54) is 0 Å². The molecule has 3 atom stereocenters. The zero-order valence-corrected chi connectivity index (χ0v) is 26.7. The number of hydrogen-bond acceptors (Lipinski definition) is 9. The second kappa shape index (κ2) is 10.8. The average Bonchev–Trinajstić information content (AvgIpc) is 3.33. The van der Waals surface area contributed by atoms with Crippen LogP contribution in [0.2, 0.25) is 0 Å². The number of nitrogens with one attached hydrogen (secondary N) is 1. The minimum atomic E-state index is -0.893. The molecule has 1 saturated carbocycles. The molecule has 10 rings (SSSR count). The predicted molar refractivity (Wildman–Crippen MR) is 172 cm³/mol. The van der Waals surface area contributed by atoms with Gasteiger partial charge in [-0.05, 0) is 87.4 Å². The van der Waals surface area contributed by atoms with Crippen molar-refractivity contribution < 1.29 is 23.0 Å². The molecule has 1 aliphatic carbocycles. The number of nitrogens with zero attached hydrogens (tertiary/aromatic N) is 6. The number of aromatic nitrogens is 5. The molecular formula is C35H39F2N7O3. The zero-order valence-electron chi connectivity index (χ0n) is 26.7. The highest BCUT2D eigenvalue weighted by atomic mass is 19.1. The SMILES string of the molecule is Cc1cc2[nH]ncc2c2c1CCCCC(=O)OC1CN(CC3(CC3)C1)c1nc(OC[C@@]34CCCN3C[C@H](F)C4)nc3c(F)c-2ncc13. The van der Waals surface area contributed by atoms with E-state index < -0.39 is 17.5 Å². The molecule has 3 saturated heterocycles. The second-order valence-corrected chi connectivity index (χ2v) is 14.7. The van der Waals surface area contributed by atoms with Crippen molar-refractivity contribution in [1.29, 1.82) is 0 Å². The Morgan fingerprint density at radius 3 is 2.83 bits per heavy atom. The van der Waals surface area contributed by atoms with Gasteiger partial charge in [-0.15, -0.1) is 0 Å². The predicted octanol–water partition coefficient (Wildman–Crippen LogP) is 5.60. The number of rotatable bonds is 3. The summed E-state index contributed by atoms with van der Waals surface area (Å²) >= 11 is 0. The van der Waals surface area contributed by atoms with Crippen LogP contribution in [-0.4, -0.2) is 86.6 Å². The first-order valence-electron chi connectivity index (χ1n) is 17.1. The summed E-state index contributed by atoms with van der Waals surface area (Å²) in [6, 6.07) is 2.09. The molecule has 10 nitrogen and oxygen atoms in total. The maximum absolute atomic E-state index is 17.1. The molecular weight excluding hydrogens is 604 g/mol. The van der Waals surface area contributed by atoms with Crippen molar-refractivity contribution in [3.8, 4) is 17.3 Å². The Bertz CT molecular complexity index is 1910. The monoisotopic (exact) mass is 643 g/mol. The molecule has 3 aromatic heterocycles. The van der Waals surface area contributed by atoms with E-state index in [9.17, 15) is 9.18 Å². The first-order chi connectivity index (χ1) is 22.8. The van der Waals surface area contributed by atoms with Gasteiger partial charge in [0.2, 0.25) is 0 Å². The molecule has 0 amide bonds. The summed E-state index contributed by atoms with van der Waals surface area (Å²) in [5.41, 5.74) is 3.40. The number of hydrogen-bond donors (Lipinski definition) is 1. The summed E-state index contributed by atoms with van der Waals surface area (Å²) in [4.78, 5) is 31.8. The number of esters is 1. The summed E-state index contributed by atoms with van der Waals surface area (Å²) in [5.74, 6) is -0.197. The molecule has 47 heavy (non-hydrogen) atoms. The lowest BCUT2D eigenvalue weighted by molar-refractivity contribution is -0.150. The van der Waals surface area contributed by atoms with Gasteiger partial charge < -0.3 is 14.4 Å². The Labute approximate surface area is 271 Å². The van der Waals surface area contributed by atoms with Crippen molar-refractivity contribution in [2.24, 2.45) is 5.41 Å². The molecule has 5 aliphatic heterocycles. The van der Waals surface area contributed by atoms with Gasteiger partial charge in [-0.25, -0.2) is 8.78 Å². The molecule has 4 aromatic rings. The van der Waals surface area contributed by atoms with Crippen LogP contribution in [0.25, 0.3) is 33.1 Å². The number of fused-ring (bicyclic) bond motifs is 8. The van der Waals surface area contributed by atoms with Crippen molar-refractivity contribution in [3.63, 3.8) is 0 Å². The average molecular weight is 644 g/mol. The van der Waals surface area contributed by atoms with Crippen molar-refractivity contribution >= 4 is 33.6 Å². The number of carbonyl (C=O) groups excluding carboxylic acids is 1. The summed E-state index contributed by atoms with van der Waals surface area (Å²) < 4.78 is 44.1. The van der Waals surface area contributed by atoms with Gasteiger partial charge in [-0.1, -0.05) is 0 Å². The quantitative estimate of drug-likeness (QED) is 0.286. The van der Waals surface area contributed by atoms with E-state index in [4.69, 9.17) is 24.4 Å². The van der Waals surface area contributed by atoms with Crippen LogP contribution in [0.5, 0.6) is 6.01 Å². The van der Waals surface area contributed by atoms with E-state index >= 15 is 4.39 Å². The highest BCUT2D eigenvalue weighted by molar-refractivity contribution is 5.99. The lowest BCUT2D eigenvalue weighted by Gasteiger charge is -2.39. The van der Waals surface area contributed by atoms with Crippen molar-refractivity contribution in [3.05, 3.63) is 35.4 Å². The molecule has 4 fully saturated rings. The maximum Gasteiger partial charge on any atom is 0.319 e. The van der Waals surface area contributed by atoms with Crippen LogP contribution in [0, 0.1) is 18.2 Å². The second-order valence-electron chi connectivity index (χ2n) is 14.7. The van der Waals surface area contributed by atoms with E-state index in [2.05, 4.69) is 20.0 Å². The number of piperidine rings is 1. The minimum Gasteiger partial charge on any atom is -0.461 e. The van der Waals surface area contributed by atoms with Crippen LogP contribution >= 0.6 is 0 Å². The van der Waals surface area contributed by atoms with Gasteiger partial charge in [0.25, 0.3) is 0 Å². The Morgan fingerprint density at radius 2 is 1.96 bits per heavy atom. The van der Waals surface area contributed by atoms with Gasteiger partial charge in [0, 0.05) is 43.1 Å². The standard InChI is InChI=1S/C35H39F2N7O3/c1-20-11-26-24(15-39-42-26)28-23(20)5-2-3-6-27(45)47-22-13-34(8-9-34)18-43(17-22)32-25-14-38-31(28)29(37)30(25)40-33(41-32)46-19-35-7-4-10-44(35)16-21(36)12-35/h11,14-15,21-22H,2-10,12-13,16-19H2,1H3,(H,39,42)/t21-,22?,35+/m1/s1. The Kier molecular flexibility index (Phi) is 6.71. The van der Waals surface area contributed by atoms with E-state index in [0.717, 1.165) is 73.6 Å². The first-order valence-corrected chi connectivity index (χ1v) is 17.1. The summed E-state index contributed by atoms with van der Waals surface area (Å²) in [7, 11) is 0. The van der Waals surface area contributed by atoms with Gasteiger partial charge >= 0.3 is 12.0 Å². The van der Waals surface area contributed by atoms with Gasteiger partial charge in [0.15, 0.2) is 5.82 Å². The number of benzene rings is 1. The zero-order chi connectivity index (χ0) is 31.9. The van der Waals surface area contributed by atoms with E-state index in [1.54, 1.807) is 12.4 Å². The Morgan fingerprint density at radius 1 is 1.09 bits per heavy atom. The number of carbonyl (C=O) groups is 1. The molecule has 1 unspecified atom stereocenters. The number of aryl methyl sites for hydroxylation is 1. The lowest BCUT2D eigenvalue weighted by atomic mass is 9.91. The third-order valence-corrected chi connectivity index (χ3v) is 11.4. The van der Waals surface area contributed by atoms with E-state index in [-0.39, 0.29) is 41.3 Å². The summed E-state index contributed by atoms with van der Waals surface area (Å²) in [6.07, 6.45) is 9.73. The largest absolute Gasteiger partial charge is 0.461 e. The molecule has 1 spiro atoms. The Balaban J connectivity index is 1.22. The van der Waals surface area contributed by atoms with Crippen LogP contribution in [-0.2, 0) is 16.0 Å². The fraction of sp³-hybridized carbons (Fsp3) is 0.571. The molecule has 8 heterocycles. The summed E-state index contributed by atoms with van der Waals surface area (Å²) in [5, 5.41) is 8.57. The maximum atomic E-state index is 17.1. The number of H-pyrrole nitrogens is 1. The van der Waals surface area contributed by atoms with Gasteiger partial charge in [-0.3, -0.25) is 19.8 Å². The highest BCUT2D eigenvalue weighted by Crippen LogP contribution is 2.53. The molecule has 1 N–H and O–H groups in total. The number of ether oxygens (including phenoxy) is 2. The third kappa shape index (κ3) is 4.93. The minimum absolute atomic E-state index is 0.0332. The van der Waals surface area contributed by atoms with E-state index in [1.807, 2.05) is 13.0 Å². The van der Waals surface area contributed by atoms with Gasteiger partial charge in [0.1, 0.15) is 35.9 Å². The van der Waals surface area contributed by atoms with Gasteiger partial charge in [-0.2, -0.15) is 15.1 Å². The number of anilines is 1. The molecule has 0 radical (unpaired) electrons. The van der Waals surface area contributed by atoms with Crippen LogP contribution in [0.3, 0.4) is 0 Å². The van der Waals surface area contributed by atoms with Crippen molar-refractivity contribution in [2.75, 3.05) is 37.7 Å². The normalized spacial score (nSPS) is 27.1. The lowest BCUT2D eigenvalue weighted by Crippen LogP contribution is -2.46. The topological polar surface area (TPSA) is 109 Å². The van der Waals surface area contributed by atoms with Gasteiger partial charge in [0.05, 0.1) is 29.2 Å². The molecule has 6 bridgehead atoms. The fourth-order valence-electron chi connectivity index (χ4n) is 8.93. The van der Waals surface area contributed by atoms with Crippen LogP contribution in [0.1, 0.15) is 68.9 Å². The molecule has 12 heteroatoms. The highest BCUT2D eigenvalue weighted by Gasteiger charge is 2.51. The third-order valence-electron chi connectivity index (χ3n) is 11.4. The van der Waals surface area contributed by atoms with Crippen LogP contribution < -0.4 is 9.64 Å². The van der Waals surface area contributed by atoms with Crippen LogP contribution in [0.4, 0.5) is 14.6 Å². The summed E-state index contributed by atoms with van der Waals surface area (Å²) in [6.45, 7) is 4.66. The Hall–Kier alpha value is -3.93. The molecule has 246 valence electrons. The number of pyridine rings is 1. The fourth-order valence-corrected chi connectivity index (χ4v) is 8.93. The van der Waals surface area contributed by atoms with E-state index in [0.29, 0.717) is 55.5 Å². The van der Waals surface area contributed by atoms with Crippen LogP contribution in [0.15, 0.2) is 18.5 Å². The molecule has 1 aromatic carbocycles. The number of aromatic amines is 1. The van der Waals surface area contributed by atoms with Crippen molar-refractivity contribution in [1.82, 2.24) is 30.0 Å².